The number of amides is 1. The molecule has 0 heterocycles. The van der Waals surface area contributed by atoms with Gasteiger partial charge >= 0.3 is 0 Å². The molecule has 0 saturated carbocycles. The van der Waals surface area contributed by atoms with Gasteiger partial charge in [0.1, 0.15) is 11.6 Å². The topological polar surface area (TPSA) is 38.3 Å². The molecular formula is C16H16FNO2S. The zero-order valence-electron chi connectivity index (χ0n) is 11.6. The first kappa shape index (κ1) is 15.4. The predicted molar refractivity (Wildman–Crippen MR) is 84.2 cm³/mol. The molecule has 2 rings (SSSR count). The minimum absolute atomic E-state index is 0.110. The molecule has 110 valence electrons. The maximum atomic E-state index is 13.4. The predicted octanol–water partition coefficient (Wildman–Crippen LogP) is 3.71. The molecule has 0 radical (unpaired) electrons. The van der Waals surface area contributed by atoms with Gasteiger partial charge in [0.15, 0.2) is 0 Å². The Labute approximate surface area is 127 Å². The van der Waals surface area contributed by atoms with Gasteiger partial charge in [0, 0.05) is 11.4 Å². The number of nitrogens with one attached hydrogen (secondary N) is 1. The molecule has 0 aliphatic carbocycles. The highest BCUT2D eigenvalue weighted by atomic mass is 32.2. The first-order chi connectivity index (χ1) is 10.2. The van der Waals surface area contributed by atoms with Crippen molar-refractivity contribution in [2.24, 2.45) is 0 Å². The van der Waals surface area contributed by atoms with Crippen molar-refractivity contribution < 1.29 is 13.9 Å². The average molecular weight is 305 g/mol. The van der Waals surface area contributed by atoms with Gasteiger partial charge in [-0.15, -0.1) is 11.8 Å². The Morgan fingerprint density at radius 3 is 2.57 bits per heavy atom. The summed E-state index contributed by atoms with van der Waals surface area (Å²) in [7, 11) is 1.59. The van der Waals surface area contributed by atoms with Gasteiger partial charge < -0.3 is 10.1 Å². The molecule has 1 amide bonds. The second-order valence-corrected chi connectivity index (χ2v) is 5.35. The second kappa shape index (κ2) is 7.69. The van der Waals surface area contributed by atoms with Crippen molar-refractivity contribution in [3.05, 3.63) is 59.9 Å². The van der Waals surface area contributed by atoms with E-state index in [0.29, 0.717) is 17.0 Å². The van der Waals surface area contributed by atoms with Crippen LogP contribution in [0, 0.1) is 5.82 Å². The Hall–Kier alpha value is -2.01. The van der Waals surface area contributed by atoms with E-state index in [4.69, 9.17) is 4.74 Å². The van der Waals surface area contributed by atoms with E-state index in [0.717, 1.165) is 5.75 Å². The molecule has 0 atom stereocenters. The van der Waals surface area contributed by atoms with Crippen LogP contribution in [0.15, 0.2) is 48.5 Å². The third kappa shape index (κ3) is 4.79. The number of rotatable bonds is 6. The molecule has 0 aromatic heterocycles. The molecule has 3 nitrogen and oxygen atoms in total. The van der Waals surface area contributed by atoms with Gasteiger partial charge in [0.25, 0.3) is 0 Å². The lowest BCUT2D eigenvalue weighted by Gasteiger charge is -2.06. The van der Waals surface area contributed by atoms with Crippen LogP contribution in [0.3, 0.4) is 0 Å². The monoisotopic (exact) mass is 305 g/mol. The van der Waals surface area contributed by atoms with Crippen molar-refractivity contribution >= 4 is 23.4 Å². The van der Waals surface area contributed by atoms with E-state index in [9.17, 15) is 9.18 Å². The molecule has 1 N–H and O–H groups in total. The van der Waals surface area contributed by atoms with Gasteiger partial charge in [0.05, 0.1) is 12.9 Å². The summed E-state index contributed by atoms with van der Waals surface area (Å²) in [5, 5.41) is 2.79. The highest BCUT2D eigenvalue weighted by molar-refractivity contribution is 7.99. The van der Waals surface area contributed by atoms with Crippen LogP contribution in [-0.4, -0.2) is 18.8 Å². The number of carbonyl (C=O) groups is 1. The Kier molecular flexibility index (Phi) is 5.63. The lowest BCUT2D eigenvalue weighted by atomic mass is 10.2. The third-order valence-electron chi connectivity index (χ3n) is 2.82. The fourth-order valence-electron chi connectivity index (χ4n) is 1.74. The number of thioether (sulfide) groups is 1. The minimum atomic E-state index is -0.236. The van der Waals surface area contributed by atoms with E-state index in [1.807, 2.05) is 0 Å². The standard InChI is InChI=1S/C16H16FNO2S/c1-20-14-8-6-13(7-9-14)18-16(19)11-21-10-12-4-2-3-5-15(12)17/h2-9H,10-11H2,1H3,(H,18,19). The van der Waals surface area contributed by atoms with Crippen molar-refractivity contribution in [1.82, 2.24) is 0 Å². The fraction of sp³-hybridized carbons (Fsp3) is 0.188. The zero-order chi connectivity index (χ0) is 15.1. The Morgan fingerprint density at radius 2 is 1.90 bits per heavy atom. The SMILES string of the molecule is COc1ccc(NC(=O)CSCc2ccccc2F)cc1. The summed E-state index contributed by atoms with van der Waals surface area (Å²) in [6, 6.07) is 13.7. The molecule has 0 spiro atoms. The second-order valence-electron chi connectivity index (χ2n) is 4.36. The van der Waals surface area contributed by atoms with Gasteiger partial charge in [0.2, 0.25) is 5.91 Å². The lowest BCUT2D eigenvalue weighted by molar-refractivity contribution is -0.113. The largest absolute Gasteiger partial charge is 0.497 e. The minimum Gasteiger partial charge on any atom is -0.497 e. The van der Waals surface area contributed by atoms with Crippen molar-refractivity contribution in [3.63, 3.8) is 0 Å². The van der Waals surface area contributed by atoms with E-state index < -0.39 is 0 Å². The van der Waals surface area contributed by atoms with Crippen LogP contribution >= 0.6 is 11.8 Å². The molecule has 0 aliphatic rings. The van der Waals surface area contributed by atoms with Crippen molar-refractivity contribution in [3.8, 4) is 5.75 Å². The number of hydrogen-bond donors (Lipinski definition) is 1. The van der Waals surface area contributed by atoms with E-state index in [1.54, 1.807) is 49.6 Å². The summed E-state index contributed by atoms with van der Waals surface area (Å²) < 4.78 is 18.5. The highest BCUT2D eigenvalue weighted by Crippen LogP contribution is 2.17. The Morgan fingerprint density at radius 1 is 1.19 bits per heavy atom. The first-order valence-corrected chi connectivity index (χ1v) is 7.59. The number of halogens is 1. The van der Waals surface area contributed by atoms with Crippen LogP contribution in [0.2, 0.25) is 0 Å². The number of anilines is 1. The summed E-state index contributed by atoms with van der Waals surface area (Å²) in [5.74, 6) is 1.15. The number of ether oxygens (including phenoxy) is 1. The summed E-state index contributed by atoms with van der Waals surface area (Å²) in [5.41, 5.74) is 1.33. The number of carbonyl (C=O) groups excluding carboxylic acids is 1. The lowest BCUT2D eigenvalue weighted by Crippen LogP contribution is -2.14. The third-order valence-corrected chi connectivity index (χ3v) is 3.80. The summed E-state index contributed by atoms with van der Waals surface area (Å²) in [6.07, 6.45) is 0. The maximum Gasteiger partial charge on any atom is 0.234 e. The summed E-state index contributed by atoms with van der Waals surface area (Å²) in [6.45, 7) is 0. The van der Waals surface area contributed by atoms with Gasteiger partial charge in [-0.2, -0.15) is 0 Å². The Balaban J connectivity index is 1.78. The molecule has 0 unspecified atom stereocenters. The van der Waals surface area contributed by atoms with Crippen LogP contribution in [-0.2, 0) is 10.5 Å². The first-order valence-electron chi connectivity index (χ1n) is 6.44. The molecule has 21 heavy (non-hydrogen) atoms. The highest BCUT2D eigenvalue weighted by Gasteiger charge is 2.05. The molecule has 0 saturated heterocycles. The van der Waals surface area contributed by atoms with Crippen LogP contribution in [0.4, 0.5) is 10.1 Å². The maximum absolute atomic E-state index is 13.4. The van der Waals surface area contributed by atoms with Gasteiger partial charge in [-0.3, -0.25) is 4.79 Å². The van der Waals surface area contributed by atoms with Crippen LogP contribution in [0.1, 0.15) is 5.56 Å². The van der Waals surface area contributed by atoms with E-state index in [2.05, 4.69) is 5.32 Å². The summed E-state index contributed by atoms with van der Waals surface area (Å²) in [4.78, 5) is 11.8. The van der Waals surface area contributed by atoms with Gasteiger partial charge in [-0.1, -0.05) is 18.2 Å². The number of benzene rings is 2. The van der Waals surface area contributed by atoms with Gasteiger partial charge in [-0.05, 0) is 35.9 Å². The van der Waals surface area contributed by atoms with Crippen molar-refractivity contribution in [2.75, 3.05) is 18.2 Å². The number of methoxy groups -OCH3 is 1. The van der Waals surface area contributed by atoms with E-state index in [-0.39, 0.29) is 17.5 Å². The quantitative estimate of drug-likeness (QED) is 0.884. The molecular weight excluding hydrogens is 289 g/mol. The molecule has 0 fully saturated rings. The van der Waals surface area contributed by atoms with Crippen molar-refractivity contribution in [2.45, 2.75) is 5.75 Å². The van der Waals surface area contributed by atoms with Crippen LogP contribution < -0.4 is 10.1 Å². The van der Waals surface area contributed by atoms with Crippen LogP contribution in [0.5, 0.6) is 5.75 Å². The van der Waals surface area contributed by atoms with E-state index >= 15 is 0 Å². The fourth-order valence-corrected chi connectivity index (χ4v) is 2.55. The van der Waals surface area contributed by atoms with Crippen LogP contribution in [0.25, 0.3) is 0 Å². The number of hydrogen-bond acceptors (Lipinski definition) is 3. The van der Waals surface area contributed by atoms with E-state index in [1.165, 1.54) is 17.8 Å². The molecule has 2 aromatic carbocycles. The zero-order valence-corrected chi connectivity index (χ0v) is 12.5. The normalized spacial score (nSPS) is 10.2. The smallest absolute Gasteiger partial charge is 0.234 e. The molecule has 2 aromatic rings. The average Bonchev–Trinajstić information content (AvgIpc) is 2.50. The van der Waals surface area contributed by atoms with Crippen molar-refractivity contribution in [1.29, 1.82) is 0 Å². The Bertz CT molecular complexity index is 601. The molecule has 5 heteroatoms. The van der Waals surface area contributed by atoms with Gasteiger partial charge in [-0.25, -0.2) is 4.39 Å². The molecule has 0 aliphatic heterocycles. The molecule has 0 bridgehead atoms. The summed E-state index contributed by atoms with van der Waals surface area (Å²) >= 11 is 1.38.